The summed E-state index contributed by atoms with van der Waals surface area (Å²) in [5.41, 5.74) is 0.281. The Bertz CT molecular complexity index is 237. The molecule has 5 nitrogen and oxygen atoms in total. The maximum Gasteiger partial charge on any atom is 0.335 e. The van der Waals surface area contributed by atoms with Crippen molar-refractivity contribution in [1.82, 2.24) is 0 Å². The molecule has 0 aliphatic carbocycles. The molecule has 0 radical (unpaired) electrons. The van der Waals surface area contributed by atoms with Crippen molar-refractivity contribution in [3.63, 3.8) is 0 Å². The highest BCUT2D eigenvalue weighted by molar-refractivity contribution is 5.87. The Morgan fingerprint density at radius 3 is 2.53 bits per heavy atom. The summed E-state index contributed by atoms with van der Waals surface area (Å²) in [6, 6.07) is 0. The van der Waals surface area contributed by atoms with E-state index in [1.165, 1.54) is 0 Å². The van der Waals surface area contributed by atoms with Gasteiger partial charge in [-0.05, 0) is 0 Å². The van der Waals surface area contributed by atoms with E-state index in [0.717, 1.165) is 0 Å². The van der Waals surface area contributed by atoms with Crippen LogP contribution in [0.4, 0.5) is 0 Å². The molecule has 5 heteroatoms. The number of hydrogen-bond acceptors (Lipinski definition) is 5. The van der Waals surface area contributed by atoms with Gasteiger partial charge in [-0.15, -0.1) is 6.58 Å². The minimum atomic E-state index is -0.468. The van der Waals surface area contributed by atoms with Crippen LogP contribution < -0.4 is 0 Å². The van der Waals surface area contributed by atoms with Crippen molar-refractivity contribution in [3.05, 3.63) is 24.8 Å². The molecule has 17 heavy (non-hydrogen) atoms. The van der Waals surface area contributed by atoms with Gasteiger partial charge in [0.25, 0.3) is 0 Å². The van der Waals surface area contributed by atoms with Crippen LogP contribution in [0.2, 0.25) is 0 Å². The predicted molar refractivity (Wildman–Crippen MR) is 63.8 cm³/mol. The normalized spacial score (nSPS) is 9.94. The van der Waals surface area contributed by atoms with Gasteiger partial charge in [-0.1, -0.05) is 12.7 Å². The molecule has 0 N–H and O–H groups in total. The summed E-state index contributed by atoms with van der Waals surface area (Å²) in [5, 5.41) is 0. The first-order valence-electron chi connectivity index (χ1n) is 5.32. The first-order chi connectivity index (χ1) is 8.22. The molecule has 0 rings (SSSR count). The molecular weight excluding hydrogens is 224 g/mol. The van der Waals surface area contributed by atoms with Crippen molar-refractivity contribution in [1.29, 1.82) is 0 Å². The Balaban J connectivity index is 3.44. The summed E-state index contributed by atoms with van der Waals surface area (Å²) in [6.07, 6.45) is 1.60. The molecule has 0 fully saturated rings. The quantitative estimate of drug-likeness (QED) is 0.234. The van der Waals surface area contributed by atoms with E-state index in [0.29, 0.717) is 26.4 Å². The third-order valence-electron chi connectivity index (χ3n) is 1.69. The van der Waals surface area contributed by atoms with Crippen LogP contribution in [0.5, 0.6) is 0 Å². The number of hydrogen-bond donors (Lipinski definition) is 0. The highest BCUT2D eigenvalue weighted by Gasteiger charge is 2.07. The average Bonchev–Trinajstić information content (AvgIpc) is 2.33. The van der Waals surface area contributed by atoms with Crippen molar-refractivity contribution in [3.8, 4) is 0 Å². The van der Waals surface area contributed by atoms with E-state index in [9.17, 15) is 4.79 Å². The van der Waals surface area contributed by atoms with Crippen LogP contribution in [0.3, 0.4) is 0 Å². The van der Waals surface area contributed by atoms with Crippen molar-refractivity contribution in [2.24, 2.45) is 0 Å². The van der Waals surface area contributed by atoms with Crippen molar-refractivity contribution >= 4 is 5.97 Å². The van der Waals surface area contributed by atoms with Gasteiger partial charge >= 0.3 is 5.97 Å². The van der Waals surface area contributed by atoms with E-state index in [1.807, 2.05) is 0 Å². The van der Waals surface area contributed by atoms with Gasteiger partial charge in [0.15, 0.2) is 0 Å². The Hall–Kier alpha value is -1.17. The van der Waals surface area contributed by atoms with E-state index in [2.05, 4.69) is 13.2 Å². The average molecular weight is 244 g/mol. The summed E-state index contributed by atoms with van der Waals surface area (Å²) in [6.45, 7) is 9.13. The molecule has 0 aromatic rings. The van der Waals surface area contributed by atoms with E-state index < -0.39 is 5.97 Å². The molecule has 0 atom stereocenters. The van der Waals surface area contributed by atoms with Gasteiger partial charge in [0, 0.05) is 7.11 Å². The molecular formula is C12H20O5. The van der Waals surface area contributed by atoms with E-state index in [1.54, 1.807) is 13.2 Å². The Morgan fingerprint density at radius 1 is 1.18 bits per heavy atom. The van der Waals surface area contributed by atoms with Crippen LogP contribution in [-0.4, -0.2) is 52.7 Å². The van der Waals surface area contributed by atoms with Gasteiger partial charge in [-0.2, -0.15) is 0 Å². The van der Waals surface area contributed by atoms with Crippen LogP contribution in [0.25, 0.3) is 0 Å². The Morgan fingerprint density at radius 2 is 1.88 bits per heavy atom. The van der Waals surface area contributed by atoms with Crippen molar-refractivity contribution < 1.29 is 23.7 Å². The minimum Gasteiger partial charge on any atom is -0.460 e. The van der Waals surface area contributed by atoms with Gasteiger partial charge in [0.1, 0.15) is 6.61 Å². The standard InChI is InChI=1S/C12H20O5/c1-4-5-16-10-11(2)12(13)17-9-8-15-7-6-14-3/h4H,1-2,5-10H2,3H3. The number of rotatable bonds is 11. The number of esters is 1. The summed E-state index contributed by atoms with van der Waals surface area (Å²) < 4.78 is 19.9. The van der Waals surface area contributed by atoms with Crippen molar-refractivity contribution in [2.45, 2.75) is 0 Å². The number of methoxy groups -OCH3 is 1. The van der Waals surface area contributed by atoms with Crippen LogP contribution >= 0.6 is 0 Å². The molecule has 0 aliphatic rings. The number of ether oxygens (including phenoxy) is 4. The first-order valence-corrected chi connectivity index (χ1v) is 5.32. The second-order valence-electron chi connectivity index (χ2n) is 3.15. The molecule has 98 valence electrons. The maximum atomic E-state index is 11.3. The molecule has 0 saturated heterocycles. The molecule has 0 aromatic carbocycles. The molecule has 0 bridgehead atoms. The lowest BCUT2D eigenvalue weighted by Crippen LogP contribution is -2.16. The zero-order chi connectivity index (χ0) is 12.9. The number of carbonyl (C=O) groups is 1. The monoisotopic (exact) mass is 244 g/mol. The molecule has 0 aromatic heterocycles. The van der Waals surface area contributed by atoms with Crippen LogP contribution in [-0.2, 0) is 23.7 Å². The van der Waals surface area contributed by atoms with Gasteiger partial charge < -0.3 is 18.9 Å². The molecule has 0 heterocycles. The predicted octanol–water partition coefficient (Wildman–Crippen LogP) is 0.951. The smallest absolute Gasteiger partial charge is 0.335 e. The van der Waals surface area contributed by atoms with Gasteiger partial charge in [-0.3, -0.25) is 0 Å². The maximum absolute atomic E-state index is 11.3. The Labute approximate surface area is 102 Å². The fourth-order valence-corrected chi connectivity index (χ4v) is 0.864. The zero-order valence-corrected chi connectivity index (χ0v) is 10.3. The highest BCUT2D eigenvalue weighted by atomic mass is 16.6. The van der Waals surface area contributed by atoms with Gasteiger partial charge in [-0.25, -0.2) is 4.79 Å². The molecule has 0 amide bonds. The molecule has 0 unspecified atom stereocenters. The largest absolute Gasteiger partial charge is 0.460 e. The summed E-state index contributed by atoms with van der Waals surface area (Å²) in [5.74, 6) is -0.468. The summed E-state index contributed by atoms with van der Waals surface area (Å²) in [7, 11) is 1.59. The molecule has 0 saturated carbocycles. The lowest BCUT2D eigenvalue weighted by atomic mass is 10.3. The lowest BCUT2D eigenvalue weighted by Gasteiger charge is -2.07. The second kappa shape index (κ2) is 11.3. The van der Waals surface area contributed by atoms with Gasteiger partial charge in [0.2, 0.25) is 0 Å². The minimum absolute atomic E-state index is 0.148. The van der Waals surface area contributed by atoms with Crippen LogP contribution in [0.15, 0.2) is 24.8 Å². The Kier molecular flexibility index (Phi) is 10.5. The SMILES string of the molecule is C=CCOCC(=C)C(=O)OCCOCCOC. The highest BCUT2D eigenvalue weighted by Crippen LogP contribution is 1.96. The van der Waals surface area contributed by atoms with Crippen molar-refractivity contribution in [2.75, 3.05) is 46.8 Å². The summed E-state index contributed by atoms with van der Waals surface area (Å²) in [4.78, 5) is 11.3. The first kappa shape index (κ1) is 15.8. The summed E-state index contributed by atoms with van der Waals surface area (Å²) >= 11 is 0. The van der Waals surface area contributed by atoms with Gasteiger partial charge in [0.05, 0.1) is 38.6 Å². The molecule has 0 aliphatic heterocycles. The third-order valence-corrected chi connectivity index (χ3v) is 1.69. The zero-order valence-electron chi connectivity index (χ0n) is 10.3. The van der Waals surface area contributed by atoms with Crippen LogP contribution in [0.1, 0.15) is 0 Å². The van der Waals surface area contributed by atoms with E-state index in [4.69, 9.17) is 18.9 Å². The van der Waals surface area contributed by atoms with E-state index >= 15 is 0 Å². The fourth-order valence-electron chi connectivity index (χ4n) is 0.864. The van der Waals surface area contributed by atoms with Crippen LogP contribution in [0, 0.1) is 0 Å². The fraction of sp³-hybridized carbons (Fsp3) is 0.583. The second-order valence-corrected chi connectivity index (χ2v) is 3.15. The topological polar surface area (TPSA) is 54.0 Å². The number of carbonyl (C=O) groups excluding carboxylic acids is 1. The lowest BCUT2D eigenvalue weighted by molar-refractivity contribution is -0.141. The molecule has 0 spiro atoms. The van der Waals surface area contributed by atoms with E-state index in [-0.39, 0.29) is 18.8 Å². The third kappa shape index (κ3) is 9.74.